The molecule has 1 heterocycles. The molecular formula is C10H11ClFN5. The van der Waals surface area contributed by atoms with Crippen molar-refractivity contribution in [2.45, 2.75) is 6.42 Å². The number of rotatable bonds is 4. The Bertz CT molecular complexity index is 500. The molecule has 0 saturated heterocycles. The highest BCUT2D eigenvalue weighted by molar-refractivity contribution is 6.31. The van der Waals surface area contributed by atoms with Gasteiger partial charge in [0.05, 0.1) is 16.4 Å². The average Bonchev–Trinajstić information content (AvgIpc) is 2.78. The van der Waals surface area contributed by atoms with Gasteiger partial charge in [0.25, 0.3) is 0 Å². The Kier molecular flexibility index (Phi) is 3.43. The van der Waals surface area contributed by atoms with Crippen LogP contribution in [0.5, 0.6) is 0 Å². The minimum Gasteiger partial charge on any atom is -0.397 e. The molecule has 0 aliphatic carbocycles. The Morgan fingerprint density at radius 1 is 1.47 bits per heavy atom. The van der Waals surface area contributed by atoms with E-state index in [1.165, 1.54) is 18.5 Å². The first kappa shape index (κ1) is 11.7. The molecule has 2 rings (SSSR count). The van der Waals surface area contributed by atoms with Gasteiger partial charge in [0.1, 0.15) is 18.0 Å². The normalized spacial score (nSPS) is 10.5. The van der Waals surface area contributed by atoms with E-state index in [0.29, 0.717) is 24.3 Å². The summed E-state index contributed by atoms with van der Waals surface area (Å²) in [5, 5.41) is 9.57. The van der Waals surface area contributed by atoms with Crippen LogP contribution in [0.3, 0.4) is 0 Å². The van der Waals surface area contributed by atoms with E-state index in [-0.39, 0.29) is 5.02 Å². The van der Waals surface area contributed by atoms with Crippen molar-refractivity contribution in [3.8, 4) is 0 Å². The van der Waals surface area contributed by atoms with Crippen molar-refractivity contribution in [3.63, 3.8) is 0 Å². The van der Waals surface area contributed by atoms with E-state index in [0.717, 1.165) is 5.82 Å². The summed E-state index contributed by atoms with van der Waals surface area (Å²) in [5.41, 5.74) is 6.58. The van der Waals surface area contributed by atoms with Crippen LogP contribution in [-0.2, 0) is 6.42 Å². The largest absolute Gasteiger partial charge is 0.397 e. The molecule has 1 aromatic carbocycles. The van der Waals surface area contributed by atoms with Crippen LogP contribution in [0.2, 0.25) is 5.02 Å². The van der Waals surface area contributed by atoms with Gasteiger partial charge in [-0.25, -0.2) is 9.37 Å². The molecule has 1 aromatic heterocycles. The summed E-state index contributed by atoms with van der Waals surface area (Å²) in [6.45, 7) is 0.599. The van der Waals surface area contributed by atoms with Gasteiger partial charge in [-0.05, 0) is 6.07 Å². The van der Waals surface area contributed by atoms with Crippen molar-refractivity contribution < 1.29 is 4.39 Å². The minimum absolute atomic E-state index is 0.0429. The summed E-state index contributed by atoms with van der Waals surface area (Å²) in [6, 6.07) is 2.66. The Hall–Kier alpha value is -1.82. The molecule has 0 aliphatic rings. The molecule has 0 bridgehead atoms. The maximum Gasteiger partial charge on any atom is 0.143 e. The molecule has 2 aromatic rings. The maximum atomic E-state index is 13.0. The van der Waals surface area contributed by atoms with Crippen LogP contribution in [0.4, 0.5) is 15.8 Å². The first-order valence-electron chi connectivity index (χ1n) is 4.99. The number of nitrogens with zero attached hydrogens (tertiary/aromatic N) is 2. The lowest BCUT2D eigenvalue weighted by Gasteiger charge is -2.09. The van der Waals surface area contributed by atoms with Crippen molar-refractivity contribution in [1.29, 1.82) is 0 Å². The number of nitrogens with one attached hydrogen (secondary N) is 2. The lowest BCUT2D eigenvalue weighted by atomic mass is 10.2. The van der Waals surface area contributed by atoms with E-state index in [4.69, 9.17) is 17.3 Å². The van der Waals surface area contributed by atoms with Crippen molar-refractivity contribution >= 4 is 23.0 Å². The fourth-order valence-electron chi connectivity index (χ4n) is 1.38. The smallest absolute Gasteiger partial charge is 0.143 e. The van der Waals surface area contributed by atoms with Gasteiger partial charge >= 0.3 is 0 Å². The van der Waals surface area contributed by atoms with Crippen LogP contribution in [0.1, 0.15) is 5.82 Å². The van der Waals surface area contributed by atoms with Gasteiger partial charge in [-0.2, -0.15) is 5.10 Å². The summed E-state index contributed by atoms with van der Waals surface area (Å²) in [6.07, 6.45) is 2.10. The second-order valence-electron chi connectivity index (χ2n) is 3.46. The number of nitrogen functional groups attached to an aromatic ring is 1. The Morgan fingerprint density at radius 3 is 3.00 bits per heavy atom. The topological polar surface area (TPSA) is 79.6 Å². The molecule has 0 radical (unpaired) electrons. The van der Waals surface area contributed by atoms with Gasteiger partial charge in [-0.15, -0.1) is 0 Å². The fourth-order valence-corrected chi connectivity index (χ4v) is 1.55. The minimum atomic E-state index is -0.523. The summed E-state index contributed by atoms with van der Waals surface area (Å²) in [4.78, 5) is 3.98. The average molecular weight is 256 g/mol. The van der Waals surface area contributed by atoms with E-state index in [1.807, 2.05) is 0 Å². The van der Waals surface area contributed by atoms with Gasteiger partial charge in [-0.1, -0.05) is 11.6 Å². The Morgan fingerprint density at radius 2 is 2.29 bits per heavy atom. The first-order chi connectivity index (χ1) is 8.16. The zero-order chi connectivity index (χ0) is 12.3. The number of anilines is 2. The first-order valence-corrected chi connectivity index (χ1v) is 5.37. The van der Waals surface area contributed by atoms with E-state index in [9.17, 15) is 4.39 Å². The molecular weight excluding hydrogens is 245 g/mol. The lowest BCUT2D eigenvalue weighted by molar-refractivity contribution is 0.629. The number of aromatic nitrogens is 3. The number of benzene rings is 1. The lowest BCUT2D eigenvalue weighted by Crippen LogP contribution is -2.08. The predicted molar refractivity (Wildman–Crippen MR) is 64.4 cm³/mol. The second kappa shape index (κ2) is 5.01. The molecule has 4 N–H and O–H groups in total. The van der Waals surface area contributed by atoms with Crippen LogP contribution in [0.15, 0.2) is 18.5 Å². The van der Waals surface area contributed by atoms with E-state index in [2.05, 4.69) is 20.5 Å². The van der Waals surface area contributed by atoms with E-state index >= 15 is 0 Å². The van der Waals surface area contributed by atoms with Gasteiger partial charge < -0.3 is 11.1 Å². The zero-order valence-electron chi connectivity index (χ0n) is 8.87. The van der Waals surface area contributed by atoms with Crippen molar-refractivity contribution in [1.82, 2.24) is 15.2 Å². The molecule has 0 amide bonds. The fraction of sp³-hybridized carbons (Fsp3) is 0.200. The summed E-state index contributed by atoms with van der Waals surface area (Å²) >= 11 is 5.67. The predicted octanol–water partition coefficient (Wildman–Crippen LogP) is 1.83. The maximum absolute atomic E-state index is 13.0. The zero-order valence-corrected chi connectivity index (χ0v) is 9.63. The number of hydrogen-bond donors (Lipinski definition) is 3. The SMILES string of the molecule is Nc1cc(F)c(Cl)cc1NCCc1ncn[nH]1. The van der Waals surface area contributed by atoms with E-state index < -0.39 is 5.82 Å². The van der Waals surface area contributed by atoms with Crippen LogP contribution in [0, 0.1) is 5.82 Å². The second-order valence-corrected chi connectivity index (χ2v) is 3.87. The summed E-state index contributed by atoms with van der Waals surface area (Å²) < 4.78 is 13.0. The molecule has 0 spiro atoms. The van der Waals surface area contributed by atoms with Crippen molar-refractivity contribution in [3.05, 3.63) is 35.1 Å². The van der Waals surface area contributed by atoms with Crippen LogP contribution in [0.25, 0.3) is 0 Å². The molecule has 0 aliphatic heterocycles. The number of halogens is 2. The Balaban J connectivity index is 1.97. The van der Waals surface area contributed by atoms with Gasteiger partial charge in [-0.3, -0.25) is 5.10 Å². The molecule has 0 atom stereocenters. The molecule has 90 valence electrons. The highest BCUT2D eigenvalue weighted by atomic mass is 35.5. The third kappa shape index (κ3) is 2.85. The van der Waals surface area contributed by atoms with Crippen LogP contribution >= 0.6 is 11.6 Å². The molecule has 5 nitrogen and oxygen atoms in total. The Labute approximate surface area is 102 Å². The van der Waals surface area contributed by atoms with Crippen molar-refractivity contribution in [2.75, 3.05) is 17.6 Å². The highest BCUT2D eigenvalue weighted by Crippen LogP contribution is 2.25. The molecule has 0 saturated carbocycles. The number of nitrogens with two attached hydrogens (primary N) is 1. The quantitative estimate of drug-likeness (QED) is 0.729. The molecule has 0 fully saturated rings. The number of hydrogen-bond acceptors (Lipinski definition) is 4. The van der Waals surface area contributed by atoms with Crippen molar-refractivity contribution in [2.24, 2.45) is 0 Å². The van der Waals surface area contributed by atoms with Crippen LogP contribution < -0.4 is 11.1 Å². The van der Waals surface area contributed by atoms with Gasteiger partial charge in [0.15, 0.2) is 0 Å². The summed E-state index contributed by atoms with van der Waals surface area (Å²) in [5.74, 6) is 0.245. The third-order valence-corrected chi connectivity index (χ3v) is 2.52. The monoisotopic (exact) mass is 255 g/mol. The highest BCUT2D eigenvalue weighted by Gasteiger charge is 2.06. The molecule has 17 heavy (non-hydrogen) atoms. The van der Waals surface area contributed by atoms with Crippen LogP contribution in [-0.4, -0.2) is 21.7 Å². The number of H-pyrrole nitrogens is 1. The standard InChI is InChI=1S/C10H11ClFN5/c11-6-3-9(8(13)4-7(6)12)14-2-1-10-15-5-16-17-10/h3-5,14H,1-2,13H2,(H,15,16,17). The third-order valence-electron chi connectivity index (χ3n) is 2.23. The summed E-state index contributed by atoms with van der Waals surface area (Å²) in [7, 11) is 0. The molecule has 7 heteroatoms. The van der Waals surface area contributed by atoms with Gasteiger partial charge in [0, 0.05) is 19.0 Å². The number of aromatic amines is 1. The molecule has 0 unspecified atom stereocenters. The van der Waals surface area contributed by atoms with E-state index in [1.54, 1.807) is 0 Å². The van der Waals surface area contributed by atoms with Gasteiger partial charge in [0.2, 0.25) is 0 Å².